The van der Waals surface area contributed by atoms with Gasteiger partial charge < -0.3 is 0 Å². The lowest BCUT2D eigenvalue weighted by atomic mass is 10.2. The summed E-state index contributed by atoms with van der Waals surface area (Å²) in [5.41, 5.74) is 1.09. The quantitative estimate of drug-likeness (QED) is 0.615. The molecule has 0 spiro atoms. The number of carbonyl (C=O) groups is 1. The molecular formula is C12H11BrNO+. The number of ketones is 1. The van der Waals surface area contributed by atoms with E-state index in [-0.39, 0.29) is 5.78 Å². The Morgan fingerprint density at radius 2 is 1.93 bits per heavy atom. The zero-order valence-electron chi connectivity index (χ0n) is 8.19. The van der Waals surface area contributed by atoms with E-state index < -0.39 is 0 Å². The Kier molecular flexibility index (Phi) is 3.11. The Morgan fingerprint density at radius 1 is 1.20 bits per heavy atom. The molecule has 2 rings (SSSR count). The van der Waals surface area contributed by atoms with Crippen LogP contribution in [0, 0.1) is 0 Å². The fourth-order valence-corrected chi connectivity index (χ4v) is 1.77. The monoisotopic (exact) mass is 264 g/mol. The summed E-state index contributed by atoms with van der Waals surface area (Å²) >= 11 is 3.17. The molecule has 3 heteroatoms. The third-order valence-corrected chi connectivity index (χ3v) is 2.91. The zero-order chi connectivity index (χ0) is 10.7. The first kappa shape index (κ1) is 10.3. The molecule has 0 amide bonds. The number of rotatable bonds is 3. The van der Waals surface area contributed by atoms with Crippen LogP contribution in [-0.2, 0) is 11.3 Å². The van der Waals surface area contributed by atoms with Crippen LogP contribution in [0.1, 0.15) is 0 Å². The average Bonchev–Trinajstić information content (AvgIpc) is 2.29. The molecule has 2 nitrogen and oxygen atoms in total. The number of Topliss-reactive ketones (excluding diaryl/α,β-unsaturated/α-hetero) is 1. The molecule has 0 bridgehead atoms. The second kappa shape index (κ2) is 4.53. The second-order valence-corrected chi connectivity index (χ2v) is 3.93. The topological polar surface area (TPSA) is 20.9 Å². The highest BCUT2D eigenvalue weighted by atomic mass is 79.9. The van der Waals surface area contributed by atoms with Crippen LogP contribution in [0.25, 0.3) is 10.9 Å². The summed E-state index contributed by atoms with van der Waals surface area (Å²) in [4.78, 5) is 11.4. The third kappa shape index (κ3) is 2.23. The molecule has 0 aliphatic rings. The van der Waals surface area contributed by atoms with E-state index in [1.165, 1.54) is 0 Å². The van der Waals surface area contributed by atoms with E-state index in [1.807, 2.05) is 47.2 Å². The van der Waals surface area contributed by atoms with Crippen molar-refractivity contribution >= 4 is 32.6 Å². The lowest BCUT2D eigenvalue weighted by molar-refractivity contribution is -0.658. The highest BCUT2D eigenvalue weighted by Gasteiger charge is 2.11. The summed E-state index contributed by atoms with van der Waals surface area (Å²) in [6.07, 6.45) is 1.93. The van der Waals surface area contributed by atoms with Gasteiger partial charge in [0.25, 0.3) is 0 Å². The molecule has 1 heterocycles. The number of hydrogen-bond donors (Lipinski definition) is 0. The van der Waals surface area contributed by atoms with Gasteiger partial charge in [-0.15, -0.1) is 0 Å². The number of nitrogens with zero attached hydrogens (tertiary/aromatic N) is 1. The molecule has 0 aliphatic carbocycles. The first-order valence-electron chi connectivity index (χ1n) is 4.76. The van der Waals surface area contributed by atoms with Crippen LogP contribution < -0.4 is 4.57 Å². The summed E-state index contributed by atoms with van der Waals surface area (Å²) < 4.78 is 1.97. The number of hydrogen-bond acceptors (Lipinski definition) is 1. The van der Waals surface area contributed by atoms with E-state index in [9.17, 15) is 4.79 Å². The molecule has 2 aromatic rings. The first-order valence-corrected chi connectivity index (χ1v) is 5.88. The van der Waals surface area contributed by atoms with E-state index in [0.717, 1.165) is 10.9 Å². The van der Waals surface area contributed by atoms with Crippen LogP contribution in [0.15, 0.2) is 42.6 Å². The van der Waals surface area contributed by atoms with Gasteiger partial charge in [-0.05, 0) is 12.1 Å². The van der Waals surface area contributed by atoms with Crippen molar-refractivity contribution in [2.75, 3.05) is 5.33 Å². The molecule has 76 valence electrons. The molecule has 0 atom stereocenters. The minimum absolute atomic E-state index is 0.177. The minimum Gasteiger partial charge on any atom is -0.292 e. The molecule has 1 aromatic heterocycles. The fraction of sp³-hybridized carbons (Fsp3) is 0.167. The maximum Gasteiger partial charge on any atom is 0.212 e. The second-order valence-electron chi connectivity index (χ2n) is 3.37. The fourth-order valence-electron chi connectivity index (χ4n) is 1.59. The van der Waals surface area contributed by atoms with E-state index in [1.54, 1.807) is 0 Å². The lowest BCUT2D eigenvalue weighted by Gasteiger charge is -1.98. The van der Waals surface area contributed by atoms with Gasteiger partial charge in [-0.3, -0.25) is 4.79 Å². The van der Waals surface area contributed by atoms with Gasteiger partial charge in [-0.1, -0.05) is 28.1 Å². The minimum atomic E-state index is 0.177. The zero-order valence-corrected chi connectivity index (χ0v) is 9.78. The number of halogens is 1. The maximum absolute atomic E-state index is 11.4. The summed E-state index contributed by atoms with van der Waals surface area (Å²) in [7, 11) is 0. The molecule has 0 saturated carbocycles. The summed E-state index contributed by atoms with van der Waals surface area (Å²) in [5.74, 6) is 0.177. The van der Waals surface area contributed by atoms with Gasteiger partial charge >= 0.3 is 0 Å². The number of alkyl halides is 1. The number of para-hydroxylation sites is 1. The Hall–Kier alpha value is -1.22. The normalized spacial score (nSPS) is 10.5. The van der Waals surface area contributed by atoms with Crippen molar-refractivity contribution < 1.29 is 9.36 Å². The van der Waals surface area contributed by atoms with Crippen molar-refractivity contribution in [3.8, 4) is 0 Å². The molecule has 0 fully saturated rings. The Morgan fingerprint density at radius 3 is 2.73 bits per heavy atom. The van der Waals surface area contributed by atoms with Crippen molar-refractivity contribution in [2.45, 2.75) is 6.54 Å². The van der Waals surface area contributed by atoms with Crippen LogP contribution in [-0.4, -0.2) is 11.1 Å². The van der Waals surface area contributed by atoms with Crippen LogP contribution >= 0.6 is 15.9 Å². The van der Waals surface area contributed by atoms with Crippen molar-refractivity contribution in [1.29, 1.82) is 0 Å². The largest absolute Gasteiger partial charge is 0.292 e. The van der Waals surface area contributed by atoms with E-state index in [2.05, 4.69) is 15.9 Å². The molecule has 0 aliphatic heterocycles. The molecule has 0 radical (unpaired) electrons. The van der Waals surface area contributed by atoms with Gasteiger partial charge in [0.2, 0.25) is 17.8 Å². The van der Waals surface area contributed by atoms with E-state index >= 15 is 0 Å². The van der Waals surface area contributed by atoms with Gasteiger partial charge in [0.15, 0.2) is 6.20 Å². The lowest BCUT2D eigenvalue weighted by Crippen LogP contribution is -2.38. The molecule has 1 aromatic carbocycles. The van der Waals surface area contributed by atoms with Gasteiger partial charge in [0.05, 0.1) is 5.33 Å². The Balaban J connectivity index is 2.46. The maximum atomic E-state index is 11.4. The summed E-state index contributed by atoms with van der Waals surface area (Å²) in [6.45, 7) is 0.423. The predicted molar refractivity (Wildman–Crippen MR) is 62.9 cm³/mol. The highest BCUT2D eigenvalue weighted by molar-refractivity contribution is 9.09. The van der Waals surface area contributed by atoms with Gasteiger partial charge in [-0.25, -0.2) is 0 Å². The van der Waals surface area contributed by atoms with Crippen LogP contribution in [0.3, 0.4) is 0 Å². The Bertz CT molecular complexity index is 490. The van der Waals surface area contributed by atoms with Crippen molar-refractivity contribution in [1.82, 2.24) is 0 Å². The number of aromatic nitrogens is 1. The number of carbonyl (C=O) groups excluding carboxylic acids is 1. The summed E-state index contributed by atoms with van der Waals surface area (Å²) in [6, 6.07) is 12.1. The number of pyridine rings is 1. The number of fused-ring (bicyclic) bond motifs is 1. The number of benzene rings is 1. The molecule has 0 saturated heterocycles. The van der Waals surface area contributed by atoms with E-state index in [0.29, 0.717) is 11.9 Å². The van der Waals surface area contributed by atoms with Gasteiger partial charge in [-0.2, -0.15) is 4.57 Å². The van der Waals surface area contributed by atoms with Crippen LogP contribution in [0.5, 0.6) is 0 Å². The predicted octanol–water partition coefficient (Wildman–Crippen LogP) is 2.09. The molecule has 0 unspecified atom stereocenters. The molecular weight excluding hydrogens is 254 g/mol. The van der Waals surface area contributed by atoms with Gasteiger partial charge in [0, 0.05) is 17.5 Å². The summed E-state index contributed by atoms with van der Waals surface area (Å²) in [5, 5.41) is 1.56. The third-order valence-electron chi connectivity index (χ3n) is 2.28. The smallest absolute Gasteiger partial charge is 0.212 e. The van der Waals surface area contributed by atoms with Crippen LogP contribution in [0.4, 0.5) is 0 Å². The SMILES string of the molecule is O=C(CBr)C[n+]1cccc2ccccc21. The standard InChI is InChI=1S/C12H11BrNO/c13-8-11(15)9-14-7-3-5-10-4-1-2-6-12(10)14/h1-7H,8-9H2/q+1. The Labute approximate surface area is 96.7 Å². The van der Waals surface area contributed by atoms with Crippen molar-refractivity contribution in [2.24, 2.45) is 0 Å². The first-order chi connectivity index (χ1) is 7.31. The van der Waals surface area contributed by atoms with Crippen molar-refractivity contribution in [3.05, 3.63) is 42.6 Å². The van der Waals surface area contributed by atoms with E-state index in [4.69, 9.17) is 0 Å². The van der Waals surface area contributed by atoms with Crippen molar-refractivity contribution in [3.63, 3.8) is 0 Å². The average molecular weight is 265 g/mol. The molecule has 15 heavy (non-hydrogen) atoms. The van der Waals surface area contributed by atoms with Crippen LogP contribution in [0.2, 0.25) is 0 Å². The molecule has 0 N–H and O–H groups in total. The van der Waals surface area contributed by atoms with Gasteiger partial charge in [0.1, 0.15) is 0 Å². The highest BCUT2D eigenvalue weighted by Crippen LogP contribution is 2.07.